The van der Waals surface area contributed by atoms with Gasteiger partial charge in [0.25, 0.3) is 0 Å². The molecule has 0 aliphatic carbocycles. The van der Waals surface area contributed by atoms with Gasteiger partial charge in [0.2, 0.25) is 5.95 Å². The minimum atomic E-state index is -0.185. The van der Waals surface area contributed by atoms with Crippen molar-refractivity contribution in [3.63, 3.8) is 0 Å². The predicted molar refractivity (Wildman–Crippen MR) is 124 cm³/mol. The van der Waals surface area contributed by atoms with Gasteiger partial charge in [0.05, 0.1) is 23.8 Å². The number of hydrogen-bond donors (Lipinski definition) is 1. The fourth-order valence-electron chi connectivity index (χ4n) is 4.22. The van der Waals surface area contributed by atoms with E-state index in [0.29, 0.717) is 11.6 Å². The van der Waals surface area contributed by atoms with E-state index in [2.05, 4.69) is 25.2 Å². The molecule has 0 radical (unpaired) electrons. The number of rotatable bonds is 6. The van der Waals surface area contributed by atoms with Gasteiger partial charge in [-0.1, -0.05) is 12.1 Å². The van der Waals surface area contributed by atoms with Crippen LogP contribution in [-0.4, -0.2) is 44.0 Å². The van der Waals surface area contributed by atoms with Gasteiger partial charge in [-0.3, -0.25) is 14.9 Å². The lowest BCUT2D eigenvalue weighted by atomic mass is 10.0. The molecule has 1 N–H and O–H groups in total. The molecule has 0 saturated carbocycles. The maximum Gasteiger partial charge on any atom is 0.223 e. The van der Waals surface area contributed by atoms with Crippen molar-refractivity contribution in [1.29, 1.82) is 0 Å². The average molecular weight is 445 g/mol. The molecule has 0 bridgehead atoms. The highest BCUT2D eigenvalue weighted by Crippen LogP contribution is 2.32. The van der Waals surface area contributed by atoms with Crippen molar-refractivity contribution >= 4 is 5.95 Å². The van der Waals surface area contributed by atoms with Crippen LogP contribution in [-0.2, 0) is 6.54 Å². The minimum Gasteiger partial charge on any atom is -0.469 e. The number of aromatic nitrogens is 4. The van der Waals surface area contributed by atoms with E-state index in [1.54, 1.807) is 43.2 Å². The van der Waals surface area contributed by atoms with Gasteiger partial charge in [-0.05, 0) is 43.5 Å². The van der Waals surface area contributed by atoms with E-state index in [1.165, 1.54) is 6.07 Å². The van der Waals surface area contributed by atoms with Crippen LogP contribution < -0.4 is 5.32 Å². The second-order valence-corrected chi connectivity index (χ2v) is 8.26. The van der Waals surface area contributed by atoms with Crippen LogP contribution in [0.3, 0.4) is 0 Å². The third-order valence-electron chi connectivity index (χ3n) is 5.96. The standard InChI is InChI=1S/C25H25FN6O/c1-17-21(7-12-33-17)24-22(23-15-27-8-9-28-23)14-29-25(31-24)30-20-5-10-32(11-6-20)16-18-3-2-4-19(26)13-18/h2-4,7-9,12-15,20H,5-6,10-11,16H2,1H3,(H,29,30,31). The van der Waals surface area contributed by atoms with Crippen molar-refractivity contribution in [3.05, 3.63) is 78.5 Å². The van der Waals surface area contributed by atoms with Crippen molar-refractivity contribution in [2.45, 2.75) is 32.4 Å². The second-order valence-electron chi connectivity index (χ2n) is 8.26. The first-order valence-electron chi connectivity index (χ1n) is 11.1. The van der Waals surface area contributed by atoms with Crippen LogP contribution in [0.25, 0.3) is 22.5 Å². The molecule has 33 heavy (non-hydrogen) atoms. The number of benzene rings is 1. The summed E-state index contributed by atoms with van der Waals surface area (Å²) in [6.07, 6.45) is 10.4. The maximum atomic E-state index is 13.5. The van der Waals surface area contributed by atoms with E-state index >= 15 is 0 Å². The minimum absolute atomic E-state index is 0.185. The van der Waals surface area contributed by atoms with Gasteiger partial charge >= 0.3 is 0 Å². The zero-order valence-corrected chi connectivity index (χ0v) is 18.4. The van der Waals surface area contributed by atoms with E-state index in [1.807, 2.05) is 19.1 Å². The van der Waals surface area contributed by atoms with E-state index in [9.17, 15) is 4.39 Å². The molecule has 168 valence electrons. The van der Waals surface area contributed by atoms with Gasteiger partial charge in [-0.15, -0.1) is 0 Å². The van der Waals surface area contributed by atoms with E-state index in [0.717, 1.165) is 60.6 Å². The summed E-state index contributed by atoms with van der Waals surface area (Å²) < 4.78 is 19.0. The molecule has 1 aliphatic heterocycles. The molecule has 0 unspecified atom stereocenters. The Kier molecular flexibility index (Phi) is 6.08. The highest BCUT2D eigenvalue weighted by atomic mass is 19.1. The molecule has 4 aromatic rings. The van der Waals surface area contributed by atoms with Crippen LogP contribution in [0.5, 0.6) is 0 Å². The van der Waals surface area contributed by atoms with Crippen LogP contribution in [0.2, 0.25) is 0 Å². The quantitative estimate of drug-likeness (QED) is 0.461. The number of nitrogens with zero attached hydrogens (tertiary/aromatic N) is 5. The van der Waals surface area contributed by atoms with Gasteiger partial charge in [0.15, 0.2) is 0 Å². The van der Waals surface area contributed by atoms with Crippen LogP contribution >= 0.6 is 0 Å². The Balaban J connectivity index is 1.30. The van der Waals surface area contributed by atoms with Crippen LogP contribution in [0.4, 0.5) is 10.3 Å². The number of piperidine rings is 1. The molecular weight excluding hydrogens is 419 g/mol. The summed E-state index contributed by atoms with van der Waals surface area (Å²) in [7, 11) is 0. The van der Waals surface area contributed by atoms with Crippen LogP contribution in [0, 0.1) is 12.7 Å². The number of hydrogen-bond acceptors (Lipinski definition) is 7. The van der Waals surface area contributed by atoms with Gasteiger partial charge in [-0.25, -0.2) is 14.4 Å². The summed E-state index contributed by atoms with van der Waals surface area (Å²) in [5, 5.41) is 3.50. The number of nitrogens with one attached hydrogen (secondary N) is 1. The number of likely N-dealkylation sites (tertiary alicyclic amines) is 1. The Labute approximate surface area is 191 Å². The number of halogens is 1. The largest absolute Gasteiger partial charge is 0.469 e. The summed E-state index contributed by atoms with van der Waals surface area (Å²) >= 11 is 0. The van der Waals surface area contributed by atoms with Gasteiger partial charge in [-0.2, -0.15) is 0 Å². The number of aryl methyl sites for hydroxylation is 1. The fraction of sp³-hybridized carbons (Fsp3) is 0.280. The second kappa shape index (κ2) is 9.46. The topological polar surface area (TPSA) is 80.0 Å². The van der Waals surface area contributed by atoms with Crippen LogP contribution in [0.1, 0.15) is 24.2 Å². The number of furan rings is 1. The molecule has 1 aliphatic rings. The molecule has 7 nitrogen and oxygen atoms in total. The Hall–Kier alpha value is -3.65. The molecule has 8 heteroatoms. The Morgan fingerprint density at radius 2 is 1.97 bits per heavy atom. The molecule has 4 heterocycles. The molecule has 1 fully saturated rings. The third-order valence-corrected chi connectivity index (χ3v) is 5.96. The monoisotopic (exact) mass is 444 g/mol. The van der Waals surface area contributed by atoms with Gasteiger partial charge in [0.1, 0.15) is 11.6 Å². The van der Waals surface area contributed by atoms with Crippen molar-refractivity contribution in [2.24, 2.45) is 0 Å². The normalized spacial score (nSPS) is 15.0. The first-order valence-corrected chi connectivity index (χ1v) is 11.1. The van der Waals surface area contributed by atoms with Crippen molar-refractivity contribution < 1.29 is 8.81 Å². The summed E-state index contributed by atoms with van der Waals surface area (Å²) in [6.45, 7) is 4.54. The summed E-state index contributed by atoms with van der Waals surface area (Å²) in [5.74, 6) is 1.19. The van der Waals surface area contributed by atoms with E-state index in [-0.39, 0.29) is 11.9 Å². The zero-order chi connectivity index (χ0) is 22.6. The average Bonchev–Trinajstić information content (AvgIpc) is 3.27. The molecule has 1 aromatic carbocycles. The molecule has 0 spiro atoms. The molecule has 0 atom stereocenters. The lowest BCUT2D eigenvalue weighted by Gasteiger charge is -2.32. The molecule has 1 saturated heterocycles. The highest BCUT2D eigenvalue weighted by Gasteiger charge is 2.22. The smallest absolute Gasteiger partial charge is 0.223 e. The maximum absolute atomic E-state index is 13.5. The first-order chi connectivity index (χ1) is 16.2. The molecule has 3 aromatic heterocycles. The zero-order valence-electron chi connectivity index (χ0n) is 18.4. The Bertz CT molecular complexity index is 1220. The van der Waals surface area contributed by atoms with E-state index in [4.69, 9.17) is 9.40 Å². The van der Waals surface area contributed by atoms with Gasteiger partial charge < -0.3 is 9.73 Å². The summed E-state index contributed by atoms with van der Waals surface area (Å²) in [4.78, 5) is 20.4. The summed E-state index contributed by atoms with van der Waals surface area (Å²) in [6, 6.07) is 9.01. The summed E-state index contributed by atoms with van der Waals surface area (Å²) in [5.41, 5.74) is 4.20. The fourth-order valence-corrected chi connectivity index (χ4v) is 4.22. The Morgan fingerprint density at radius 3 is 2.70 bits per heavy atom. The van der Waals surface area contributed by atoms with Gasteiger partial charge in [0, 0.05) is 55.4 Å². The SMILES string of the molecule is Cc1occc1-c1nc(NC2CCN(Cc3cccc(F)c3)CC2)ncc1-c1cnccn1. The molecular formula is C25H25FN6O. The van der Waals surface area contributed by atoms with Crippen molar-refractivity contribution in [2.75, 3.05) is 18.4 Å². The third kappa shape index (κ3) is 4.90. The number of anilines is 1. The first kappa shape index (κ1) is 21.2. The van der Waals surface area contributed by atoms with Crippen molar-refractivity contribution in [1.82, 2.24) is 24.8 Å². The predicted octanol–water partition coefficient (Wildman–Crippen LogP) is 4.72. The lowest BCUT2D eigenvalue weighted by Crippen LogP contribution is -2.39. The lowest BCUT2D eigenvalue weighted by molar-refractivity contribution is 0.211. The highest BCUT2D eigenvalue weighted by molar-refractivity contribution is 5.79. The van der Waals surface area contributed by atoms with E-state index < -0.39 is 0 Å². The molecule has 0 amide bonds. The van der Waals surface area contributed by atoms with Crippen LogP contribution in [0.15, 0.2) is 65.8 Å². The van der Waals surface area contributed by atoms with Crippen molar-refractivity contribution in [3.8, 4) is 22.5 Å². The molecule has 5 rings (SSSR count). The Morgan fingerprint density at radius 1 is 1.09 bits per heavy atom.